The Labute approximate surface area is 258 Å². The number of nitrogens with zero attached hydrogens (tertiary/aromatic N) is 7. The lowest BCUT2D eigenvalue weighted by Crippen LogP contribution is -2.33. The molecule has 0 spiro atoms. The minimum absolute atomic E-state index is 0.0986. The van der Waals surface area contributed by atoms with Gasteiger partial charge in [-0.05, 0) is 50.8 Å². The van der Waals surface area contributed by atoms with E-state index in [9.17, 15) is 4.79 Å². The Morgan fingerprint density at radius 3 is 2.80 bits per heavy atom. The van der Waals surface area contributed by atoms with Crippen molar-refractivity contribution in [2.24, 2.45) is 7.05 Å². The fraction of sp³-hybridized carbons (Fsp3) is 0.355. The first-order chi connectivity index (χ1) is 21.8. The van der Waals surface area contributed by atoms with Gasteiger partial charge in [-0.3, -0.25) is 14.4 Å². The number of carbonyl (C=O) groups excluding carboxylic acids is 1. The number of anilines is 4. The number of aromatic nitrogens is 7. The Balaban J connectivity index is 1.03. The largest absolute Gasteiger partial charge is 0.473 e. The van der Waals surface area contributed by atoms with Crippen molar-refractivity contribution in [1.82, 2.24) is 39.6 Å². The number of benzene rings is 1. The summed E-state index contributed by atoms with van der Waals surface area (Å²) < 4.78 is 23.0. The highest BCUT2D eigenvalue weighted by Gasteiger charge is 2.27. The van der Waals surface area contributed by atoms with Crippen molar-refractivity contribution in [3.05, 3.63) is 59.9 Å². The first-order valence-electron chi connectivity index (χ1n) is 15.0. The minimum atomic E-state index is -0.529. The maximum absolute atomic E-state index is 15.1. The molecular formula is C31H34FN11O2. The van der Waals surface area contributed by atoms with Crippen molar-refractivity contribution in [3.63, 3.8) is 0 Å². The molecule has 14 heteroatoms. The zero-order valence-electron chi connectivity index (χ0n) is 25.3. The van der Waals surface area contributed by atoms with Crippen LogP contribution in [0.2, 0.25) is 0 Å². The van der Waals surface area contributed by atoms with Crippen LogP contribution in [0.15, 0.2) is 42.9 Å². The van der Waals surface area contributed by atoms with Crippen LogP contribution in [-0.2, 0) is 11.8 Å². The van der Waals surface area contributed by atoms with E-state index in [1.807, 2.05) is 31.9 Å². The zero-order valence-corrected chi connectivity index (χ0v) is 25.3. The lowest BCUT2D eigenvalue weighted by Gasteiger charge is -2.17. The quantitative estimate of drug-likeness (QED) is 0.180. The van der Waals surface area contributed by atoms with Crippen LogP contribution >= 0.6 is 0 Å². The van der Waals surface area contributed by atoms with Gasteiger partial charge in [0.1, 0.15) is 17.6 Å². The van der Waals surface area contributed by atoms with E-state index in [0.717, 1.165) is 41.5 Å². The van der Waals surface area contributed by atoms with Gasteiger partial charge in [-0.15, -0.1) is 0 Å². The molecule has 13 nitrogen and oxygen atoms in total. The van der Waals surface area contributed by atoms with E-state index >= 15 is 4.39 Å². The summed E-state index contributed by atoms with van der Waals surface area (Å²) in [7, 11) is 1.87. The Morgan fingerprint density at radius 1 is 1.13 bits per heavy atom. The number of ether oxygens (including phenoxy) is 1. The molecule has 1 saturated carbocycles. The zero-order chi connectivity index (χ0) is 31.1. The Hall–Kier alpha value is -5.11. The fourth-order valence-electron chi connectivity index (χ4n) is 5.48. The van der Waals surface area contributed by atoms with E-state index in [2.05, 4.69) is 41.0 Å². The van der Waals surface area contributed by atoms with Gasteiger partial charge in [-0.2, -0.15) is 10.1 Å². The predicted octanol–water partition coefficient (Wildman–Crippen LogP) is 4.31. The van der Waals surface area contributed by atoms with Gasteiger partial charge in [-0.25, -0.2) is 19.3 Å². The van der Waals surface area contributed by atoms with Gasteiger partial charge in [0.25, 0.3) is 0 Å². The molecule has 45 heavy (non-hydrogen) atoms. The van der Waals surface area contributed by atoms with E-state index in [0.29, 0.717) is 53.9 Å². The molecule has 2 fully saturated rings. The number of aryl methyl sites for hydroxylation is 3. The smallest absolute Gasteiger partial charge is 0.238 e. The molecular weight excluding hydrogens is 577 g/mol. The molecule has 5 heterocycles. The van der Waals surface area contributed by atoms with E-state index in [1.54, 1.807) is 35.4 Å². The van der Waals surface area contributed by atoms with Gasteiger partial charge in [0.2, 0.25) is 23.7 Å². The van der Waals surface area contributed by atoms with Crippen LogP contribution < -0.4 is 20.7 Å². The number of rotatable bonds is 10. The molecule has 1 atom stereocenters. The lowest BCUT2D eigenvalue weighted by molar-refractivity contribution is -0.117. The Bertz CT molecular complexity index is 1860. The first kappa shape index (κ1) is 28.6. The summed E-state index contributed by atoms with van der Waals surface area (Å²) in [5.41, 5.74) is 3.86. The maximum Gasteiger partial charge on any atom is 0.238 e. The fourth-order valence-corrected chi connectivity index (χ4v) is 5.48. The molecule has 1 aliphatic heterocycles. The van der Waals surface area contributed by atoms with Crippen molar-refractivity contribution in [2.45, 2.75) is 45.3 Å². The van der Waals surface area contributed by atoms with Gasteiger partial charge >= 0.3 is 0 Å². The summed E-state index contributed by atoms with van der Waals surface area (Å²) in [5, 5.41) is 14.4. The van der Waals surface area contributed by atoms with Crippen LogP contribution in [-0.4, -0.2) is 77.3 Å². The molecule has 1 saturated heterocycles. The number of carbonyl (C=O) groups is 1. The summed E-state index contributed by atoms with van der Waals surface area (Å²) in [6.45, 7) is 5.22. The molecule has 0 radical (unpaired) electrons. The number of likely N-dealkylation sites (tertiary alicyclic amines) is 1. The topological polar surface area (TPSA) is 151 Å². The summed E-state index contributed by atoms with van der Waals surface area (Å²) in [6.07, 6.45) is 8.08. The van der Waals surface area contributed by atoms with Crippen molar-refractivity contribution >= 4 is 40.2 Å². The Kier molecular flexibility index (Phi) is 7.49. The van der Waals surface area contributed by atoms with E-state index in [-0.39, 0.29) is 24.2 Å². The third-order valence-electron chi connectivity index (χ3n) is 8.07. The summed E-state index contributed by atoms with van der Waals surface area (Å²) >= 11 is 0. The van der Waals surface area contributed by atoms with Crippen LogP contribution in [0.1, 0.15) is 30.5 Å². The number of amides is 1. The maximum atomic E-state index is 15.1. The summed E-state index contributed by atoms with van der Waals surface area (Å²) in [6, 6.07) is 7.13. The number of hydrogen-bond donors (Lipinski definition) is 4. The normalized spacial score (nSPS) is 16.7. The number of halogens is 1. The van der Waals surface area contributed by atoms with Gasteiger partial charge in [0.15, 0.2) is 5.82 Å². The predicted molar refractivity (Wildman–Crippen MR) is 168 cm³/mol. The highest BCUT2D eigenvalue weighted by atomic mass is 19.1. The molecule has 1 aromatic carbocycles. The van der Waals surface area contributed by atoms with Gasteiger partial charge in [0, 0.05) is 73.5 Å². The van der Waals surface area contributed by atoms with Crippen molar-refractivity contribution < 1.29 is 13.9 Å². The first-order valence-corrected chi connectivity index (χ1v) is 15.0. The second-order valence-corrected chi connectivity index (χ2v) is 11.6. The highest BCUT2D eigenvalue weighted by molar-refractivity contribution is 6.06. The second kappa shape index (κ2) is 11.8. The number of aromatic amines is 1. The highest BCUT2D eigenvalue weighted by Crippen LogP contribution is 2.35. The van der Waals surface area contributed by atoms with Gasteiger partial charge < -0.3 is 25.7 Å². The third-order valence-corrected chi connectivity index (χ3v) is 8.07. The van der Waals surface area contributed by atoms with E-state index in [1.165, 1.54) is 6.07 Å². The number of hydrogen-bond acceptors (Lipinski definition) is 10. The summed E-state index contributed by atoms with van der Waals surface area (Å²) in [4.78, 5) is 36.1. The van der Waals surface area contributed by atoms with Crippen molar-refractivity contribution in [2.75, 3.05) is 35.6 Å². The van der Waals surface area contributed by atoms with Gasteiger partial charge in [-0.1, -0.05) is 0 Å². The third kappa shape index (κ3) is 6.27. The molecule has 232 valence electrons. The molecule has 4 N–H and O–H groups in total. The molecule has 0 bridgehead atoms. The van der Waals surface area contributed by atoms with Crippen molar-refractivity contribution in [1.29, 1.82) is 0 Å². The van der Waals surface area contributed by atoms with E-state index < -0.39 is 5.82 Å². The molecule has 1 unspecified atom stereocenters. The molecule has 1 aliphatic carbocycles. The molecule has 7 rings (SSSR count). The number of fused-ring (bicyclic) bond motifs is 1. The molecule has 4 aromatic heterocycles. The molecule has 5 aromatic rings. The van der Waals surface area contributed by atoms with Crippen LogP contribution in [0.3, 0.4) is 0 Å². The van der Waals surface area contributed by atoms with Crippen LogP contribution in [0, 0.1) is 19.7 Å². The SMILES string of the molecule is Cc1cnc(Nc2cc(C)n(C)n2)nc1-c1c[nH]c2c(NC(=O)CN3CCC(Oc4ccnc(NC5CC5)n4)C3)c(F)ccc12. The number of H-pyrrole nitrogens is 1. The van der Waals surface area contributed by atoms with Crippen LogP contribution in [0.5, 0.6) is 5.88 Å². The molecule has 1 amide bonds. The summed E-state index contributed by atoms with van der Waals surface area (Å²) in [5.74, 6) is 1.26. The average Bonchev–Trinajstić information content (AvgIpc) is 3.39. The minimum Gasteiger partial charge on any atom is -0.473 e. The van der Waals surface area contributed by atoms with E-state index in [4.69, 9.17) is 9.72 Å². The Morgan fingerprint density at radius 2 is 2.00 bits per heavy atom. The van der Waals surface area contributed by atoms with Crippen LogP contribution in [0.4, 0.5) is 27.8 Å². The van der Waals surface area contributed by atoms with Crippen molar-refractivity contribution in [3.8, 4) is 17.1 Å². The second-order valence-electron chi connectivity index (χ2n) is 11.6. The average molecular weight is 612 g/mol. The lowest BCUT2D eigenvalue weighted by atomic mass is 10.1. The standard InChI is InChI=1S/C31H34FN11O2/c1-17-13-35-31(37-24-12-18(2)42(3)41-24)40-27(17)22-14-34-28-21(22)6-7-23(32)29(28)38-25(44)16-43-11-9-20(15-43)45-26-8-10-33-30(39-26)36-19-4-5-19/h6-8,10,12-14,19-20,34H,4-5,9,11,15-16H2,1-3H3,(H,38,44)(H,33,36,39)(H,35,37,40,41). The number of nitrogens with one attached hydrogen (secondary N) is 4. The van der Waals surface area contributed by atoms with Gasteiger partial charge in [0.05, 0.1) is 17.8 Å². The van der Waals surface area contributed by atoms with Crippen LogP contribution in [0.25, 0.3) is 22.2 Å². The molecule has 2 aliphatic rings. The monoisotopic (exact) mass is 611 g/mol.